The number of para-hydroxylation sites is 2. The van der Waals surface area contributed by atoms with Crippen molar-refractivity contribution >= 4 is 28.3 Å². The van der Waals surface area contributed by atoms with E-state index in [-0.39, 0.29) is 5.91 Å². The van der Waals surface area contributed by atoms with E-state index < -0.39 is 0 Å². The molecule has 0 spiro atoms. The lowest BCUT2D eigenvalue weighted by Gasteiger charge is -2.10. The third kappa shape index (κ3) is 2.01. The maximum absolute atomic E-state index is 12.4. The minimum absolute atomic E-state index is 0.226. The molecule has 0 aliphatic rings. The molecule has 0 bridgehead atoms. The highest BCUT2D eigenvalue weighted by Gasteiger charge is 2.15. The summed E-state index contributed by atoms with van der Waals surface area (Å²) >= 11 is 0. The first-order valence-electron chi connectivity index (χ1n) is 6.29. The number of rotatable bonds is 2. The number of anilines is 2. The number of nitrogens with one attached hydrogen (secondary N) is 1. The second kappa shape index (κ2) is 4.74. The molecule has 0 atom stereocenters. The van der Waals surface area contributed by atoms with Gasteiger partial charge in [-0.2, -0.15) is 0 Å². The predicted molar refractivity (Wildman–Crippen MR) is 79.8 cm³/mol. The molecule has 0 fully saturated rings. The lowest BCUT2D eigenvalue weighted by molar-refractivity contribution is 0.102. The van der Waals surface area contributed by atoms with Gasteiger partial charge in [-0.1, -0.05) is 30.3 Å². The molecule has 0 unspecified atom stereocenters. The van der Waals surface area contributed by atoms with Crippen LogP contribution in [-0.4, -0.2) is 5.91 Å². The fraction of sp³-hybridized carbons (Fsp3) is 0.0625. The predicted octanol–water partition coefficient (Wildman–Crippen LogP) is 3.58. The minimum Gasteiger partial charge on any atom is -0.463 e. The highest BCUT2D eigenvalue weighted by molar-refractivity contribution is 6.13. The van der Waals surface area contributed by atoms with E-state index in [1.54, 1.807) is 6.07 Å². The van der Waals surface area contributed by atoms with Crippen molar-refractivity contribution in [3.63, 3.8) is 0 Å². The third-order valence-corrected chi connectivity index (χ3v) is 3.27. The molecule has 0 aliphatic carbocycles. The van der Waals surface area contributed by atoms with Gasteiger partial charge in [0, 0.05) is 5.39 Å². The number of fused-ring (bicyclic) bond motifs is 1. The number of amides is 1. The normalized spacial score (nSPS) is 10.7. The van der Waals surface area contributed by atoms with Crippen LogP contribution in [0.1, 0.15) is 15.9 Å². The monoisotopic (exact) mass is 266 g/mol. The van der Waals surface area contributed by atoms with E-state index in [9.17, 15) is 4.79 Å². The molecule has 0 saturated heterocycles. The van der Waals surface area contributed by atoms with Gasteiger partial charge in [0.1, 0.15) is 11.8 Å². The molecular formula is C16H14N2O2. The third-order valence-electron chi connectivity index (χ3n) is 3.27. The Morgan fingerprint density at radius 2 is 1.95 bits per heavy atom. The van der Waals surface area contributed by atoms with Crippen LogP contribution in [0.15, 0.2) is 53.1 Å². The second-order valence-corrected chi connectivity index (χ2v) is 4.64. The quantitative estimate of drug-likeness (QED) is 0.697. The Labute approximate surface area is 116 Å². The molecular weight excluding hydrogens is 252 g/mol. The van der Waals surface area contributed by atoms with Crippen LogP contribution in [0.4, 0.5) is 11.4 Å². The lowest BCUT2D eigenvalue weighted by atomic mass is 10.1. The summed E-state index contributed by atoms with van der Waals surface area (Å²) in [5.74, 6) is -0.226. The lowest BCUT2D eigenvalue weighted by Crippen LogP contribution is -2.13. The summed E-state index contributed by atoms with van der Waals surface area (Å²) < 4.78 is 5.38. The van der Waals surface area contributed by atoms with Crippen LogP contribution in [0.2, 0.25) is 0 Å². The van der Waals surface area contributed by atoms with E-state index in [2.05, 4.69) is 5.32 Å². The van der Waals surface area contributed by atoms with Gasteiger partial charge in [-0.05, 0) is 24.6 Å². The van der Waals surface area contributed by atoms with Gasteiger partial charge >= 0.3 is 0 Å². The summed E-state index contributed by atoms with van der Waals surface area (Å²) in [6, 6.07) is 12.9. The van der Waals surface area contributed by atoms with Crippen LogP contribution in [0.5, 0.6) is 0 Å². The molecule has 100 valence electrons. The average molecular weight is 266 g/mol. The van der Waals surface area contributed by atoms with Gasteiger partial charge in [0.2, 0.25) is 0 Å². The number of carbonyl (C=O) groups excluding carboxylic acids is 1. The first kappa shape index (κ1) is 12.3. The van der Waals surface area contributed by atoms with Gasteiger partial charge in [-0.25, -0.2) is 0 Å². The van der Waals surface area contributed by atoms with Gasteiger partial charge in [-0.3, -0.25) is 4.79 Å². The molecule has 1 amide bonds. The van der Waals surface area contributed by atoms with E-state index >= 15 is 0 Å². The summed E-state index contributed by atoms with van der Waals surface area (Å²) in [6.45, 7) is 1.90. The van der Waals surface area contributed by atoms with Gasteiger partial charge < -0.3 is 15.5 Å². The first-order valence-corrected chi connectivity index (χ1v) is 6.29. The number of hydrogen-bond donors (Lipinski definition) is 2. The number of hydrogen-bond acceptors (Lipinski definition) is 3. The van der Waals surface area contributed by atoms with Gasteiger partial charge in [0.05, 0.1) is 16.9 Å². The molecule has 1 heterocycles. The smallest absolute Gasteiger partial charge is 0.259 e. The molecule has 4 nitrogen and oxygen atoms in total. The van der Waals surface area contributed by atoms with E-state index in [1.807, 2.05) is 43.3 Å². The largest absolute Gasteiger partial charge is 0.463 e. The zero-order valence-corrected chi connectivity index (χ0v) is 11.0. The van der Waals surface area contributed by atoms with Crippen LogP contribution >= 0.6 is 0 Å². The van der Waals surface area contributed by atoms with Crippen LogP contribution in [0.3, 0.4) is 0 Å². The standard InChI is InChI=1S/C16H14N2O2/c1-10-5-4-7-13(17)15(10)18-16(19)12-9-20-14-8-3-2-6-11(12)14/h2-9H,17H2,1H3,(H,18,19). The molecule has 3 rings (SSSR count). The summed E-state index contributed by atoms with van der Waals surface area (Å²) in [6.07, 6.45) is 1.47. The Hall–Kier alpha value is -2.75. The fourth-order valence-electron chi connectivity index (χ4n) is 2.20. The molecule has 3 N–H and O–H groups in total. The topological polar surface area (TPSA) is 68.3 Å². The van der Waals surface area contributed by atoms with E-state index in [4.69, 9.17) is 10.2 Å². The summed E-state index contributed by atoms with van der Waals surface area (Å²) in [4.78, 5) is 12.4. The van der Waals surface area contributed by atoms with E-state index in [1.165, 1.54) is 6.26 Å². The minimum atomic E-state index is -0.226. The van der Waals surface area contributed by atoms with Crippen molar-refractivity contribution in [3.8, 4) is 0 Å². The molecule has 3 aromatic rings. The molecule has 0 radical (unpaired) electrons. The second-order valence-electron chi connectivity index (χ2n) is 4.64. The SMILES string of the molecule is Cc1cccc(N)c1NC(=O)c1coc2ccccc12. The Morgan fingerprint density at radius 1 is 1.15 bits per heavy atom. The van der Waals surface area contributed by atoms with Gasteiger partial charge in [0.25, 0.3) is 5.91 Å². The van der Waals surface area contributed by atoms with Crippen molar-refractivity contribution < 1.29 is 9.21 Å². The number of benzene rings is 2. The van der Waals surface area contributed by atoms with Crippen LogP contribution in [-0.2, 0) is 0 Å². The van der Waals surface area contributed by atoms with Crippen LogP contribution < -0.4 is 11.1 Å². The summed E-state index contributed by atoms with van der Waals surface area (Å²) in [7, 11) is 0. The number of carbonyl (C=O) groups is 1. The summed E-state index contributed by atoms with van der Waals surface area (Å²) in [5, 5.41) is 3.64. The van der Waals surface area contributed by atoms with Crippen molar-refractivity contribution in [2.45, 2.75) is 6.92 Å². The zero-order chi connectivity index (χ0) is 14.1. The molecule has 0 saturated carbocycles. The molecule has 1 aromatic heterocycles. The number of furan rings is 1. The highest BCUT2D eigenvalue weighted by atomic mass is 16.3. The van der Waals surface area contributed by atoms with Crippen molar-refractivity contribution in [3.05, 3.63) is 59.9 Å². The Balaban J connectivity index is 1.98. The van der Waals surface area contributed by atoms with Crippen LogP contribution in [0.25, 0.3) is 11.0 Å². The Bertz CT molecular complexity index is 770. The van der Waals surface area contributed by atoms with Crippen LogP contribution in [0, 0.1) is 6.92 Å². The maximum Gasteiger partial charge on any atom is 0.259 e. The fourth-order valence-corrected chi connectivity index (χ4v) is 2.20. The van der Waals surface area contributed by atoms with Crippen molar-refractivity contribution in [1.29, 1.82) is 0 Å². The number of nitrogens with two attached hydrogens (primary N) is 1. The van der Waals surface area contributed by atoms with Crippen molar-refractivity contribution in [2.24, 2.45) is 0 Å². The zero-order valence-electron chi connectivity index (χ0n) is 11.0. The van der Waals surface area contributed by atoms with Gasteiger partial charge in [0.15, 0.2) is 0 Å². The Kier molecular flexibility index (Phi) is 2.91. The highest BCUT2D eigenvalue weighted by Crippen LogP contribution is 2.26. The molecule has 20 heavy (non-hydrogen) atoms. The molecule has 4 heteroatoms. The number of nitrogen functional groups attached to an aromatic ring is 1. The van der Waals surface area contributed by atoms with Gasteiger partial charge in [-0.15, -0.1) is 0 Å². The maximum atomic E-state index is 12.4. The summed E-state index contributed by atoms with van der Waals surface area (Å²) in [5.41, 5.74) is 9.20. The first-order chi connectivity index (χ1) is 9.66. The van der Waals surface area contributed by atoms with Crippen molar-refractivity contribution in [1.82, 2.24) is 0 Å². The van der Waals surface area contributed by atoms with E-state index in [0.29, 0.717) is 22.5 Å². The molecule has 0 aliphatic heterocycles. The number of aryl methyl sites for hydroxylation is 1. The molecule has 2 aromatic carbocycles. The Morgan fingerprint density at radius 3 is 2.75 bits per heavy atom. The van der Waals surface area contributed by atoms with Crippen molar-refractivity contribution in [2.75, 3.05) is 11.1 Å². The van der Waals surface area contributed by atoms with E-state index in [0.717, 1.165) is 10.9 Å². The average Bonchev–Trinajstić information content (AvgIpc) is 2.87.